The highest BCUT2D eigenvalue weighted by molar-refractivity contribution is 14.0. The van der Waals surface area contributed by atoms with Gasteiger partial charge in [-0.05, 0) is 49.3 Å². The van der Waals surface area contributed by atoms with Crippen molar-refractivity contribution >= 4 is 41.8 Å². The number of amides is 2. The van der Waals surface area contributed by atoms with Crippen LogP contribution < -0.4 is 16.0 Å². The average Bonchev–Trinajstić information content (AvgIpc) is 2.72. The Labute approximate surface area is 190 Å². The van der Waals surface area contributed by atoms with Crippen LogP contribution in [0.4, 0.5) is 0 Å². The molecule has 0 atom stereocenters. The summed E-state index contributed by atoms with van der Waals surface area (Å²) in [5, 5.41) is 9.60. The molecule has 1 aromatic carbocycles. The predicted octanol–water partition coefficient (Wildman–Crippen LogP) is 2.12. The molecule has 1 aromatic rings. The quantitative estimate of drug-likeness (QED) is 0.327. The number of nitrogens with zero attached hydrogens (tertiary/aromatic N) is 2. The fraction of sp³-hybridized carbons (Fsp3) is 0.571. The number of rotatable bonds is 4. The Hall–Kier alpha value is -1.84. The van der Waals surface area contributed by atoms with Gasteiger partial charge in [0, 0.05) is 38.3 Å². The molecule has 2 fully saturated rings. The molecule has 7 nitrogen and oxygen atoms in total. The van der Waals surface area contributed by atoms with Crippen molar-refractivity contribution in [2.45, 2.75) is 45.2 Å². The van der Waals surface area contributed by atoms with E-state index in [0.29, 0.717) is 31.2 Å². The molecule has 1 aliphatic carbocycles. The number of nitrogens with one attached hydrogen (secondary N) is 3. The summed E-state index contributed by atoms with van der Waals surface area (Å²) in [5.41, 5.74) is 1.69. The van der Waals surface area contributed by atoms with Crippen molar-refractivity contribution in [2.75, 3.05) is 26.7 Å². The lowest BCUT2D eigenvalue weighted by atomic mass is 9.87. The maximum Gasteiger partial charge on any atom is 0.254 e. The minimum absolute atomic E-state index is 0. The first kappa shape index (κ1) is 23.4. The molecule has 1 aliphatic heterocycles. The molecule has 0 aromatic heterocycles. The van der Waals surface area contributed by atoms with E-state index in [1.165, 1.54) is 25.7 Å². The van der Waals surface area contributed by atoms with Crippen LogP contribution in [0.2, 0.25) is 0 Å². The van der Waals surface area contributed by atoms with Gasteiger partial charge >= 0.3 is 0 Å². The molecule has 29 heavy (non-hydrogen) atoms. The number of hydrogen-bond acceptors (Lipinski definition) is 3. The van der Waals surface area contributed by atoms with Gasteiger partial charge in [-0.25, -0.2) is 0 Å². The van der Waals surface area contributed by atoms with Gasteiger partial charge in [0.05, 0.1) is 6.54 Å². The van der Waals surface area contributed by atoms with Crippen LogP contribution in [-0.4, -0.2) is 55.4 Å². The Morgan fingerprint density at radius 2 is 1.90 bits per heavy atom. The molecule has 0 radical (unpaired) electrons. The molecule has 3 N–H and O–H groups in total. The highest BCUT2D eigenvalue weighted by atomic mass is 127. The van der Waals surface area contributed by atoms with Crippen molar-refractivity contribution in [3.63, 3.8) is 0 Å². The highest BCUT2D eigenvalue weighted by Crippen LogP contribution is 2.23. The van der Waals surface area contributed by atoms with Crippen molar-refractivity contribution in [2.24, 2.45) is 10.9 Å². The fourth-order valence-electron chi connectivity index (χ4n) is 3.74. The second-order valence-corrected chi connectivity index (χ2v) is 7.80. The third kappa shape index (κ3) is 6.87. The molecule has 1 saturated heterocycles. The largest absolute Gasteiger partial charge is 0.354 e. The topological polar surface area (TPSA) is 85.8 Å². The van der Waals surface area contributed by atoms with E-state index in [1.807, 2.05) is 24.3 Å². The Morgan fingerprint density at radius 1 is 1.21 bits per heavy atom. The van der Waals surface area contributed by atoms with Crippen LogP contribution in [0.25, 0.3) is 0 Å². The van der Waals surface area contributed by atoms with Crippen LogP contribution in [0.1, 0.15) is 48.5 Å². The van der Waals surface area contributed by atoms with Crippen molar-refractivity contribution in [3.8, 4) is 0 Å². The van der Waals surface area contributed by atoms with E-state index >= 15 is 0 Å². The number of carbonyl (C=O) groups is 2. The maximum atomic E-state index is 12.5. The molecular weight excluding hydrogens is 481 g/mol. The second-order valence-electron chi connectivity index (χ2n) is 7.80. The van der Waals surface area contributed by atoms with Crippen molar-refractivity contribution < 1.29 is 9.59 Å². The summed E-state index contributed by atoms with van der Waals surface area (Å²) in [7, 11) is 1.79. The normalized spacial score (nSPS) is 22.3. The van der Waals surface area contributed by atoms with Crippen LogP contribution in [0.3, 0.4) is 0 Å². The van der Waals surface area contributed by atoms with Gasteiger partial charge in [0.1, 0.15) is 0 Å². The minimum atomic E-state index is -0.105. The van der Waals surface area contributed by atoms with E-state index in [1.54, 1.807) is 11.9 Å². The molecule has 0 unspecified atom stereocenters. The van der Waals surface area contributed by atoms with Gasteiger partial charge in [-0.15, -0.1) is 24.0 Å². The van der Waals surface area contributed by atoms with Crippen molar-refractivity contribution in [1.82, 2.24) is 20.9 Å². The van der Waals surface area contributed by atoms with Gasteiger partial charge in [-0.1, -0.05) is 19.1 Å². The van der Waals surface area contributed by atoms with E-state index in [2.05, 4.69) is 27.9 Å². The molecule has 0 spiro atoms. The number of halogens is 1. The van der Waals surface area contributed by atoms with E-state index in [-0.39, 0.29) is 42.3 Å². The molecule has 1 saturated carbocycles. The van der Waals surface area contributed by atoms with Crippen LogP contribution >= 0.6 is 24.0 Å². The summed E-state index contributed by atoms with van der Waals surface area (Å²) in [6.07, 6.45) is 4.91. The number of piperazine rings is 1. The van der Waals surface area contributed by atoms with Gasteiger partial charge in [-0.3, -0.25) is 14.6 Å². The third-order valence-corrected chi connectivity index (χ3v) is 5.57. The first-order valence-corrected chi connectivity index (χ1v) is 10.2. The Bertz CT molecular complexity index is 714. The van der Waals surface area contributed by atoms with Gasteiger partial charge in [0.25, 0.3) is 5.91 Å². The van der Waals surface area contributed by atoms with Gasteiger partial charge in [0.15, 0.2) is 5.96 Å². The fourth-order valence-corrected chi connectivity index (χ4v) is 3.74. The van der Waals surface area contributed by atoms with Crippen LogP contribution in [0, 0.1) is 5.92 Å². The summed E-state index contributed by atoms with van der Waals surface area (Å²) in [4.78, 5) is 29.9. The van der Waals surface area contributed by atoms with E-state index in [4.69, 9.17) is 0 Å². The van der Waals surface area contributed by atoms with Crippen LogP contribution in [-0.2, 0) is 11.3 Å². The summed E-state index contributed by atoms with van der Waals surface area (Å²) in [6, 6.07) is 8.03. The summed E-state index contributed by atoms with van der Waals surface area (Å²) < 4.78 is 0. The molecule has 2 amide bonds. The SMILES string of the molecule is CN=C(NCc1ccc(C(=O)N2CCNC(=O)C2)cc1)NC1CCC(C)CC1.I. The highest BCUT2D eigenvalue weighted by Gasteiger charge is 2.22. The van der Waals surface area contributed by atoms with Gasteiger partial charge in [0.2, 0.25) is 5.91 Å². The average molecular weight is 513 g/mol. The predicted molar refractivity (Wildman–Crippen MR) is 126 cm³/mol. The Balaban J connectivity index is 0.00000300. The number of carbonyl (C=O) groups excluding carboxylic acids is 2. The van der Waals surface area contributed by atoms with Gasteiger partial charge < -0.3 is 20.9 Å². The monoisotopic (exact) mass is 513 g/mol. The molecule has 160 valence electrons. The zero-order valence-corrected chi connectivity index (χ0v) is 19.6. The summed E-state index contributed by atoms with van der Waals surface area (Å²) in [5.74, 6) is 1.44. The zero-order valence-electron chi connectivity index (χ0n) is 17.2. The smallest absolute Gasteiger partial charge is 0.254 e. The Kier molecular flexibility index (Phi) is 9.19. The number of aliphatic imine (C=N–C) groups is 1. The maximum absolute atomic E-state index is 12.5. The zero-order chi connectivity index (χ0) is 19.9. The first-order chi connectivity index (χ1) is 13.5. The molecule has 1 heterocycles. The second kappa shape index (κ2) is 11.4. The molecule has 3 rings (SSSR count). The van der Waals surface area contributed by atoms with Crippen LogP contribution in [0.5, 0.6) is 0 Å². The first-order valence-electron chi connectivity index (χ1n) is 10.2. The number of hydrogen-bond donors (Lipinski definition) is 3. The van der Waals surface area contributed by atoms with E-state index < -0.39 is 0 Å². The molecule has 8 heteroatoms. The number of benzene rings is 1. The minimum Gasteiger partial charge on any atom is -0.354 e. The molecule has 0 bridgehead atoms. The lowest BCUT2D eigenvalue weighted by Crippen LogP contribution is -2.49. The van der Waals surface area contributed by atoms with Crippen molar-refractivity contribution in [1.29, 1.82) is 0 Å². The summed E-state index contributed by atoms with van der Waals surface area (Å²) in [6.45, 7) is 4.15. The lowest BCUT2D eigenvalue weighted by Gasteiger charge is -2.28. The van der Waals surface area contributed by atoms with Gasteiger partial charge in [-0.2, -0.15) is 0 Å². The van der Waals surface area contributed by atoms with Crippen molar-refractivity contribution in [3.05, 3.63) is 35.4 Å². The summed E-state index contributed by atoms with van der Waals surface area (Å²) >= 11 is 0. The van der Waals surface area contributed by atoms with E-state index in [0.717, 1.165) is 17.4 Å². The lowest BCUT2D eigenvalue weighted by molar-refractivity contribution is -0.123. The molecule has 2 aliphatic rings. The third-order valence-electron chi connectivity index (χ3n) is 5.57. The molecular formula is C21H32IN5O2. The standard InChI is InChI=1S/C21H31N5O2.HI/c1-15-3-9-18(10-4-15)25-21(22-2)24-13-16-5-7-17(8-6-16)20(28)26-12-11-23-19(27)14-26;/h5-8,15,18H,3-4,9-14H2,1-2H3,(H,23,27)(H2,22,24,25);1H. The number of guanidine groups is 1. The van der Waals surface area contributed by atoms with E-state index in [9.17, 15) is 9.59 Å². The van der Waals surface area contributed by atoms with Crippen LogP contribution in [0.15, 0.2) is 29.3 Å². The Morgan fingerprint density at radius 3 is 2.52 bits per heavy atom.